The average Bonchev–Trinajstić information content (AvgIpc) is 2.44. The fourth-order valence-electron chi connectivity index (χ4n) is 3.86. The van der Waals surface area contributed by atoms with Crippen LogP contribution >= 0.6 is 0 Å². The molecule has 5 heteroatoms. The second-order valence-electron chi connectivity index (χ2n) is 6.43. The summed E-state index contributed by atoms with van der Waals surface area (Å²) in [5.74, 6) is -0.582. The van der Waals surface area contributed by atoms with Crippen LogP contribution in [0, 0.1) is 17.8 Å². The Hall–Kier alpha value is -0.290. The van der Waals surface area contributed by atoms with E-state index in [1.807, 2.05) is 0 Å². The number of nitrogens with one attached hydrogen (secondary N) is 1. The summed E-state index contributed by atoms with van der Waals surface area (Å²) in [7, 11) is 0. The van der Waals surface area contributed by atoms with Crippen molar-refractivity contribution in [1.29, 1.82) is 0 Å². The lowest BCUT2D eigenvalue weighted by atomic mass is 9.78. The number of hydrogen-bond donors (Lipinski definition) is 2. The molecule has 0 spiro atoms. The number of alkyl halides is 3. The Balaban J connectivity index is 1.87. The van der Waals surface area contributed by atoms with Crippen molar-refractivity contribution in [2.75, 3.05) is 13.2 Å². The molecule has 2 aliphatic rings. The Labute approximate surface area is 119 Å². The minimum atomic E-state index is -4.08. The van der Waals surface area contributed by atoms with Gasteiger partial charge in [0.1, 0.15) is 0 Å². The molecular weight excluding hydrogens is 267 g/mol. The molecule has 0 bridgehead atoms. The van der Waals surface area contributed by atoms with E-state index in [2.05, 4.69) is 5.32 Å². The van der Waals surface area contributed by atoms with Gasteiger partial charge in [-0.05, 0) is 44.1 Å². The molecule has 4 atom stereocenters. The van der Waals surface area contributed by atoms with Crippen LogP contribution in [0.5, 0.6) is 0 Å². The van der Waals surface area contributed by atoms with E-state index < -0.39 is 18.1 Å². The van der Waals surface area contributed by atoms with Gasteiger partial charge in [0.25, 0.3) is 0 Å². The van der Waals surface area contributed by atoms with Crippen molar-refractivity contribution in [3.8, 4) is 0 Å². The Kier molecular flexibility index (Phi) is 5.73. The van der Waals surface area contributed by atoms with Crippen LogP contribution in [0.4, 0.5) is 13.2 Å². The van der Waals surface area contributed by atoms with Crippen molar-refractivity contribution in [2.24, 2.45) is 17.8 Å². The highest BCUT2D eigenvalue weighted by atomic mass is 19.4. The summed E-state index contributed by atoms with van der Waals surface area (Å²) in [6.07, 6.45) is 2.69. The zero-order chi connectivity index (χ0) is 14.6. The fourth-order valence-corrected chi connectivity index (χ4v) is 3.86. The molecule has 2 fully saturated rings. The van der Waals surface area contributed by atoms with Crippen LogP contribution in [0.25, 0.3) is 0 Å². The molecule has 2 rings (SSSR count). The number of aliphatic hydroxyl groups is 1. The van der Waals surface area contributed by atoms with Crippen molar-refractivity contribution in [3.05, 3.63) is 0 Å². The minimum Gasteiger partial charge on any atom is -0.396 e. The monoisotopic (exact) mass is 293 g/mol. The zero-order valence-corrected chi connectivity index (χ0v) is 12.0. The van der Waals surface area contributed by atoms with Gasteiger partial charge in [0, 0.05) is 12.6 Å². The first-order valence-electron chi connectivity index (χ1n) is 7.93. The lowest BCUT2D eigenvalue weighted by Crippen LogP contribution is -2.47. The van der Waals surface area contributed by atoms with Gasteiger partial charge in [0.05, 0.1) is 5.92 Å². The maximum atomic E-state index is 13.0. The predicted octanol–water partition coefficient (Wildman–Crippen LogP) is 3.50. The molecule has 0 heterocycles. The number of rotatable bonds is 4. The lowest BCUT2D eigenvalue weighted by Gasteiger charge is -2.36. The maximum Gasteiger partial charge on any atom is 0.393 e. The molecule has 0 aromatic rings. The molecule has 4 unspecified atom stereocenters. The summed E-state index contributed by atoms with van der Waals surface area (Å²) >= 11 is 0. The number of aliphatic hydroxyl groups excluding tert-OH is 1. The third-order valence-electron chi connectivity index (χ3n) is 5.13. The summed E-state index contributed by atoms with van der Waals surface area (Å²) in [5.41, 5.74) is 0. The van der Waals surface area contributed by atoms with Gasteiger partial charge in [-0.2, -0.15) is 13.2 Å². The second-order valence-corrected chi connectivity index (χ2v) is 6.43. The van der Waals surface area contributed by atoms with Gasteiger partial charge in [-0.3, -0.25) is 0 Å². The van der Waals surface area contributed by atoms with Crippen LogP contribution in [0.15, 0.2) is 0 Å². The molecule has 2 aliphatic carbocycles. The molecule has 2 N–H and O–H groups in total. The first-order chi connectivity index (χ1) is 9.52. The Morgan fingerprint density at radius 3 is 2.15 bits per heavy atom. The molecule has 0 aliphatic heterocycles. The maximum absolute atomic E-state index is 13.0. The van der Waals surface area contributed by atoms with Crippen molar-refractivity contribution in [1.82, 2.24) is 5.32 Å². The van der Waals surface area contributed by atoms with Gasteiger partial charge in [-0.15, -0.1) is 0 Å². The number of hydrogen-bond acceptors (Lipinski definition) is 2. The van der Waals surface area contributed by atoms with E-state index in [-0.39, 0.29) is 18.9 Å². The van der Waals surface area contributed by atoms with E-state index in [9.17, 15) is 18.3 Å². The topological polar surface area (TPSA) is 32.3 Å². The highest BCUT2D eigenvalue weighted by Gasteiger charge is 2.45. The second kappa shape index (κ2) is 7.12. The molecular formula is C15H26F3NO. The van der Waals surface area contributed by atoms with Gasteiger partial charge in [-0.25, -0.2) is 0 Å². The minimum absolute atomic E-state index is 0.166. The fraction of sp³-hybridized carbons (Fsp3) is 1.00. The summed E-state index contributed by atoms with van der Waals surface area (Å²) in [6.45, 7) is 0.794. The van der Waals surface area contributed by atoms with Gasteiger partial charge in [-0.1, -0.05) is 25.7 Å². The van der Waals surface area contributed by atoms with E-state index in [4.69, 9.17) is 0 Å². The van der Waals surface area contributed by atoms with Crippen LogP contribution in [0.1, 0.15) is 51.4 Å². The van der Waals surface area contributed by atoms with Gasteiger partial charge in [0.15, 0.2) is 0 Å². The Morgan fingerprint density at radius 1 is 0.900 bits per heavy atom. The van der Waals surface area contributed by atoms with Crippen LogP contribution < -0.4 is 5.32 Å². The highest BCUT2D eigenvalue weighted by molar-refractivity contribution is 4.87. The SMILES string of the molecule is OCC1CCCCC1CNC1CCCCC1C(F)(F)F. The van der Waals surface area contributed by atoms with Crippen LogP contribution in [0.3, 0.4) is 0 Å². The first-order valence-corrected chi connectivity index (χ1v) is 7.93. The summed E-state index contributed by atoms with van der Waals surface area (Å²) < 4.78 is 39.1. The summed E-state index contributed by atoms with van der Waals surface area (Å²) in [6, 6.07) is -0.426. The van der Waals surface area contributed by atoms with Crippen molar-refractivity contribution in [2.45, 2.75) is 63.6 Å². The Bertz CT molecular complexity index is 295. The van der Waals surface area contributed by atoms with Gasteiger partial charge >= 0.3 is 6.18 Å². The lowest BCUT2D eigenvalue weighted by molar-refractivity contribution is -0.189. The van der Waals surface area contributed by atoms with E-state index >= 15 is 0 Å². The standard InChI is InChI=1S/C15H26F3NO/c16-15(17,18)13-7-3-4-8-14(13)19-9-11-5-1-2-6-12(11)10-20/h11-14,19-20H,1-10H2. The third kappa shape index (κ3) is 4.10. The zero-order valence-electron chi connectivity index (χ0n) is 12.0. The Morgan fingerprint density at radius 2 is 1.50 bits per heavy atom. The molecule has 0 saturated heterocycles. The smallest absolute Gasteiger partial charge is 0.393 e. The molecule has 0 aromatic heterocycles. The highest BCUT2D eigenvalue weighted by Crippen LogP contribution is 2.38. The molecule has 20 heavy (non-hydrogen) atoms. The molecule has 2 saturated carbocycles. The molecule has 118 valence electrons. The molecule has 0 amide bonds. The summed E-state index contributed by atoms with van der Waals surface area (Å²) in [4.78, 5) is 0. The van der Waals surface area contributed by atoms with Crippen LogP contribution in [0.2, 0.25) is 0 Å². The van der Waals surface area contributed by atoms with Crippen LogP contribution in [-0.4, -0.2) is 30.5 Å². The van der Waals surface area contributed by atoms with Gasteiger partial charge < -0.3 is 10.4 Å². The first kappa shape index (κ1) is 16.1. The van der Waals surface area contributed by atoms with E-state index in [0.29, 0.717) is 25.3 Å². The summed E-state index contributed by atoms with van der Waals surface area (Å²) in [5, 5.41) is 12.6. The number of halogens is 3. The normalized spacial score (nSPS) is 36.0. The van der Waals surface area contributed by atoms with Crippen molar-refractivity contribution >= 4 is 0 Å². The van der Waals surface area contributed by atoms with Gasteiger partial charge in [0.2, 0.25) is 0 Å². The molecule has 0 aromatic carbocycles. The largest absolute Gasteiger partial charge is 0.396 e. The van der Waals surface area contributed by atoms with E-state index in [1.165, 1.54) is 0 Å². The quantitative estimate of drug-likeness (QED) is 0.831. The van der Waals surface area contributed by atoms with Crippen molar-refractivity contribution in [3.63, 3.8) is 0 Å². The van der Waals surface area contributed by atoms with E-state index in [1.54, 1.807) is 0 Å². The average molecular weight is 293 g/mol. The van der Waals surface area contributed by atoms with E-state index in [0.717, 1.165) is 32.1 Å². The molecule has 0 radical (unpaired) electrons. The van der Waals surface area contributed by atoms with Crippen molar-refractivity contribution < 1.29 is 18.3 Å². The molecule has 2 nitrogen and oxygen atoms in total. The predicted molar refractivity (Wildman–Crippen MR) is 72.3 cm³/mol. The van der Waals surface area contributed by atoms with Crippen LogP contribution in [-0.2, 0) is 0 Å². The third-order valence-corrected chi connectivity index (χ3v) is 5.13.